The van der Waals surface area contributed by atoms with Crippen molar-refractivity contribution in [2.45, 2.75) is 32.2 Å². The smallest absolute Gasteiger partial charge is 0.253 e. The van der Waals surface area contributed by atoms with Crippen molar-refractivity contribution in [2.24, 2.45) is 0 Å². The highest BCUT2D eigenvalue weighted by Gasteiger charge is 2.22. The van der Waals surface area contributed by atoms with Gasteiger partial charge in [-0.1, -0.05) is 13.0 Å². The molecule has 1 saturated heterocycles. The molecule has 1 amide bonds. The van der Waals surface area contributed by atoms with Gasteiger partial charge in [-0.15, -0.1) is 0 Å². The Kier molecular flexibility index (Phi) is 5.56. The van der Waals surface area contributed by atoms with Crippen molar-refractivity contribution in [2.75, 3.05) is 32.0 Å². The largest absolute Gasteiger partial charge is 0.382 e. The van der Waals surface area contributed by atoms with Gasteiger partial charge in [0.1, 0.15) is 5.82 Å². The maximum atomic E-state index is 13.9. The summed E-state index contributed by atoms with van der Waals surface area (Å²) in [6.07, 6.45) is 3.14. The van der Waals surface area contributed by atoms with E-state index >= 15 is 0 Å². The SMILES string of the molecule is CCCNc1c(F)cccc1C(=O)NCC1CCCN1C. The summed E-state index contributed by atoms with van der Waals surface area (Å²) in [5.74, 6) is -0.595. The molecule has 0 aromatic heterocycles. The molecule has 5 heteroatoms. The van der Waals surface area contributed by atoms with E-state index in [0.29, 0.717) is 30.4 Å². The lowest BCUT2D eigenvalue weighted by Crippen LogP contribution is -2.38. The topological polar surface area (TPSA) is 44.4 Å². The summed E-state index contributed by atoms with van der Waals surface area (Å²) in [7, 11) is 2.07. The van der Waals surface area contributed by atoms with E-state index < -0.39 is 0 Å². The van der Waals surface area contributed by atoms with E-state index in [0.717, 1.165) is 19.4 Å². The summed E-state index contributed by atoms with van der Waals surface area (Å²) >= 11 is 0. The van der Waals surface area contributed by atoms with Gasteiger partial charge in [0, 0.05) is 19.1 Å². The average molecular weight is 293 g/mol. The average Bonchev–Trinajstić information content (AvgIpc) is 2.88. The molecule has 1 aliphatic heterocycles. The van der Waals surface area contributed by atoms with Crippen molar-refractivity contribution in [3.05, 3.63) is 29.6 Å². The molecule has 0 aliphatic carbocycles. The zero-order chi connectivity index (χ0) is 15.2. The van der Waals surface area contributed by atoms with Crippen LogP contribution in [0.5, 0.6) is 0 Å². The molecule has 0 bridgehead atoms. The third-order valence-electron chi connectivity index (χ3n) is 3.98. The Morgan fingerprint density at radius 2 is 2.29 bits per heavy atom. The number of anilines is 1. The first-order chi connectivity index (χ1) is 10.1. The summed E-state index contributed by atoms with van der Waals surface area (Å²) in [6.45, 7) is 4.33. The summed E-state index contributed by atoms with van der Waals surface area (Å²) in [5, 5.41) is 5.93. The maximum Gasteiger partial charge on any atom is 0.253 e. The van der Waals surface area contributed by atoms with Gasteiger partial charge in [0.2, 0.25) is 0 Å². The number of benzene rings is 1. The number of likely N-dealkylation sites (N-methyl/N-ethyl adjacent to an activating group) is 1. The molecular weight excluding hydrogens is 269 g/mol. The van der Waals surface area contributed by atoms with Gasteiger partial charge in [0.25, 0.3) is 5.91 Å². The number of para-hydroxylation sites is 1. The second-order valence-electron chi connectivity index (χ2n) is 5.58. The Bertz CT molecular complexity index is 492. The normalized spacial score (nSPS) is 18.7. The molecule has 1 fully saturated rings. The van der Waals surface area contributed by atoms with Crippen molar-refractivity contribution >= 4 is 11.6 Å². The first kappa shape index (κ1) is 15.8. The molecule has 1 unspecified atom stereocenters. The van der Waals surface area contributed by atoms with E-state index in [1.807, 2.05) is 6.92 Å². The maximum absolute atomic E-state index is 13.9. The first-order valence-electron chi connectivity index (χ1n) is 7.64. The van der Waals surface area contributed by atoms with Crippen LogP contribution in [0.15, 0.2) is 18.2 Å². The number of nitrogens with zero attached hydrogens (tertiary/aromatic N) is 1. The molecule has 0 radical (unpaired) electrons. The van der Waals surface area contributed by atoms with Crippen molar-refractivity contribution in [3.8, 4) is 0 Å². The number of likely N-dealkylation sites (tertiary alicyclic amines) is 1. The fraction of sp³-hybridized carbons (Fsp3) is 0.562. The highest BCUT2D eigenvalue weighted by molar-refractivity contribution is 5.99. The Morgan fingerprint density at radius 1 is 1.48 bits per heavy atom. The zero-order valence-corrected chi connectivity index (χ0v) is 12.8. The van der Waals surface area contributed by atoms with Gasteiger partial charge in [-0.2, -0.15) is 0 Å². The standard InChI is InChI=1S/C16H24FN3O/c1-3-9-18-15-13(7-4-8-14(15)17)16(21)19-11-12-6-5-10-20(12)2/h4,7-8,12,18H,3,5-6,9-11H2,1-2H3,(H,19,21). The van der Waals surface area contributed by atoms with Crippen LogP contribution in [0.25, 0.3) is 0 Å². The van der Waals surface area contributed by atoms with Crippen LogP contribution < -0.4 is 10.6 Å². The molecule has 1 heterocycles. The van der Waals surface area contributed by atoms with Crippen LogP contribution in [-0.2, 0) is 0 Å². The predicted molar refractivity (Wildman–Crippen MR) is 83.2 cm³/mol. The van der Waals surface area contributed by atoms with Gasteiger partial charge in [0.15, 0.2) is 0 Å². The minimum atomic E-state index is -0.380. The fourth-order valence-corrected chi connectivity index (χ4v) is 2.69. The molecular formula is C16H24FN3O. The third kappa shape index (κ3) is 3.94. The summed E-state index contributed by atoms with van der Waals surface area (Å²) in [4.78, 5) is 14.6. The van der Waals surface area contributed by atoms with Gasteiger partial charge < -0.3 is 15.5 Å². The highest BCUT2D eigenvalue weighted by Crippen LogP contribution is 2.20. The molecule has 0 saturated carbocycles. The summed E-state index contributed by atoms with van der Waals surface area (Å²) < 4.78 is 13.9. The van der Waals surface area contributed by atoms with Crippen LogP contribution in [-0.4, -0.2) is 43.5 Å². The van der Waals surface area contributed by atoms with Crippen molar-refractivity contribution in [3.63, 3.8) is 0 Å². The van der Waals surface area contributed by atoms with Gasteiger partial charge in [-0.3, -0.25) is 4.79 Å². The van der Waals surface area contributed by atoms with Crippen LogP contribution in [0.2, 0.25) is 0 Å². The molecule has 0 spiro atoms. The van der Waals surface area contributed by atoms with Gasteiger partial charge in [-0.05, 0) is 45.0 Å². The van der Waals surface area contributed by atoms with Gasteiger partial charge >= 0.3 is 0 Å². The van der Waals surface area contributed by atoms with E-state index in [4.69, 9.17) is 0 Å². The van der Waals surface area contributed by atoms with E-state index in [1.165, 1.54) is 12.5 Å². The number of amides is 1. The number of carbonyl (C=O) groups excluding carboxylic acids is 1. The summed E-state index contributed by atoms with van der Waals surface area (Å²) in [5.41, 5.74) is 0.681. The molecule has 1 aliphatic rings. The second kappa shape index (κ2) is 7.41. The molecule has 1 aromatic rings. The Morgan fingerprint density at radius 3 is 2.95 bits per heavy atom. The Labute approximate surface area is 125 Å². The molecule has 2 N–H and O–H groups in total. The van der Waals surface area contributed by atoms with Gasteiger partial charge in [0.05, 0.1) is 11.3 Å². The predicted octanol–water partition coefficient (Wildman–Crippen LogP) is 2.47. The number of carbonyl (C=O) groups is 1. The lowest BCUT2D eigenvalue weighted by Gasteiger charge is -2.20. The highest BCUT2D eigenvalue weighted by atomic mass is 19.1. The molecule has 2 rings (SSSR count). The van der Waals surface area contributed by atoms with Crippen LogP contribution in [0.3, 0.4) is 0 Å². The first-order valence-corrected chi connectivity index (χ1v) is 7.64. The van der Waals surface area contributed by atoms with Crippen LogP contribution >= 0.6 is 0 Å². The molecule has 4 nitrogen and oxygen atoms in total. The second-order valence-corrected chi connectivity index (χ2v) is 5.58. The van der Waals surface area contributed by atoms with Crippen molar-refractivity contribution < 1.29 is 9.18 Å². The summed E-state index contributed by atoms with van der Waals surface area (Å²) in [6, 6.07) is 4.99. The zero-order valence-electron chi connectivity index (χ0n) is 12.8. The fourth-order valence-electron chi connectivity index (χ4n) is 2.69. The Hall–Kier alpha value is -1.62. The van der Waals surface area contributed by atoms with Crippen LogP contribution in [0.4, 0.5) is 10.1 Å². The lowest BCUT2D eigenvalue weighted by molar-refractivity contribution is 0.0944. The molecule has 116 valence electrons. The Balaban J connectivity index is 2.02. The van der Waals surface area contributed by atoms with E-state index in [2.05, 4.69) is 22.6 Å². The minimum absolute atomic E-state index is 0.214. The monoisotopic (exact) mass is 293 g/mol. The number of hydrogen-bond donors (Lipinski definition) is 2. The molecule has 1 aromatic carbocycles. The van der Waals surface area contributed by atoms with Crippen LogP contribution in [0, 0.1) is 5.82 Å². The quantitative estimate of drug-likeness (QED) is 0.847. The number of halogens is 1. The molecule has 21 heavy (non-hydrogen) atoms. The third-order valence-corrected chi connectivity index (χ3v) is 3.98. The van der Waals surface area contributed by atoms with E-state index in [9.17, 15) is 9.18 Å². The van der Waals surface area contributed by atoms with Crippen molar-refractivity contribution in [1.29, 1.82) is 0 Å². The van der Waals surface area contributed by atoms with E-state index in [1.54, 1.807) is 12.1 Å². The van der Waals surface area contributed by atoms with Crippen LogP contribution in [0.1, 0.15) is 36.5 Å². The van der Waals surface area contributed by atoms with E-state index in [-0.39, 0.29) is 11.7 Å². The van der Waals surface area contributed by atoms with Gasteiger partial charge in [-0.25, -0.2) is 4.39 Å². The number of rotatable bonds is 6. The number of hydrogen-bond acceptors (Lipinski definition) is 3. The minimum Gasteiger partial charge on any atom is -0.382 e. The van der Waals surface area contributed by atoms with Crippen molar-refractivity contribution in [1.82, 2.24) is 10.2 Å². The number of nitrogens with one attached hydrogen (secondary N) is 2. The lowest BCUT2D eigenvalue weighted by atomic mass is 10.1. The molecule has 1 atom stereocenters.